The zero-order chi connectivity index (χ0) is 21.9. The van der Waals surface area contributed by atoms with Gasteiger partial charge in [0.25, 0.3) is 0 Å². The van der Waals surface area contributed by atoms with Gasteiger partial charge in [-0.3, -0.25) is 4.79 Å². The zero-order valence-corrected chi connectivity index (χ0v) is 17.6. The standard InChI is InChI=1S/C25H27NO5/c1-2-14-30-26-24(18-29-22-12-6-8-19(15-22)16-25(27)28)20-9-7-13-23(17-20)31-21-10-4-3-5-11-21/h3-13,15,20H,2,14,16-18H2,1H3,(H,27,28)/b26-24+. The van der Waals surface area contributed by atoms with Crippen LogP contribution in [0.2, 0.25) is 0 Å². The fourth-order valence-electron chi connectivity index (χ4n) is 3.09. The van der Waals surface area contributed by atoms with E-state index >= 15 is 0 Å². The number of carbonyl (C=O) groups is 1. The maximum atomic E-state index is 11.0. The van der Waals surface area contributed by atoms with Crippen molar-refractivity contribution >= 4 is 11.7 Å². The van der Waals surface area contributed by atoms with Crippen LogP contribution in [-0.2, 0) is 16.1 Å². The summed E-state index contributed by atoms with van der Waals surface area (Å²) in [6.07, 6.45) is 7.41. The molecular weight excluding hydrogens is 394 g/mol. The highest BCUT2D eigenvalue weighted by Crippen LogP contribution is 2.24. The molecule has 0 heterocycles. The molecule has 0 aliphatic heterocycles. The quantitative estimate of drug-likeness (QED) is 0.313. The van der Waals surface area contributed by atoms with Gasteiger partial charge >= 0.3 is 5.97 Å². The van der Waals surface area contributed by atoms with Gasteiger partial charge in [-0.1, -0.05) is 54.6 Å². The number of oxime groups is 1. The van der Waals surface area contributed by atoms with Crippen LogP contribution in [0.25, 0.3) is 0 Å². The molecule has 6 heteroatoms. The minimum Gasteiger partial charge on any atom is -0.487 e. The average molecular weight is 421 g/mol. The molecule has 1 unspecified atom stereocenters. The van der Waals surface area contributed by atoms with Gasteiger partial charge in [-0.05, 0) is 42.3 Å². The predicted octanol–water partition coefficient (Wildman–Crippen LogP) is 5.01. The summed E-state index contributed by atoms with van der Waals surface area (Å²) in [7, 11) is 0. The molecule has 1 aliphatic rings. The van der Waals surface area contributed by atoms with Crippen molar-refractivity contribution in [2.24, 2.45) is 11.1 Å². The molecule has 3 rings (SSSR count). The summed E-state index contributed by atoms with van der Waals surface area (Å²) >= 11 is 0. The number of benzene rings is 2. The SMILES string of the molecule is CCCO/N=C(\COc1cccc(CC(=O)O)c1)C1C=CC=C(Oc2ccccc2)C1. The first-order valence-electron chi connectivity index (χ1n) is 10.4. The molecule has 0 bridgehead atoms. The molecule has 0 amide bonds. The largest absolute Gasteiger partial charge is 0.487 e. The highest BCUT2D eigenvalue weighted by molar-refractivity contribution is 5.89. The monoisotopic (exact) mass is 421 g/mol. The van der Waals surface area contributed by atoms with E-state index in [1.54, 1.807) is 24.3 Å². The van der Waals surface area contributed by atoms with Gasteiger partial charge in [-0.25, -0.2) is 0 Å². The summed E-state index contributed by atoms with van der Waals surface area (Å²) in [5.41, 5.74) is 1.43. The van der Waals surface area contributed by atoms with Crippen molar-refractivity contribution in [3.05, 3.63) is 84.1 Å². The number of rotatable bonds is 11. The molecule has 1 aliphatic carbocycles. The molecule has 2 aromatic carbocycles. The topological polar surface area (TPSA) is 77.4 Å². The van der Waals surface area contributed by atoms with Crippen molar-refractivity contribution in [3.63, 3.8) is 0 Å². The van der Waals surface area contributed by atoms with Gasteiger partial charge in [-0.15, -0.1) is 0 Å². The second-order valence-electron chi connectivity index (χ2n) is 7.17. The number of hydrogen-bond donors (Lipinski definition) is 1. The van der Waals surface area contributed by atoms with Gasteiger partial charge in [0, 0.05) is 12.3 Å². The van der Waals surface area contributed by atoms with Crippen LogP contribution >= 0.6 is 0 Å². The van der Waals surface area contributed by atoms with Crippen molar-refractivity contribution in [3.8, 4) is 11.5 Å². The summed E-state index contributed by atoms with van der Waals surface area (Å²) in [6.45, 7) is 2.78. The van der Waals surface area contributed by atoms with Crippen molar-refractivity contribution in [1.82, 2.24) is 0 Å². The first-order valence-corrected chi connectivity index (χ1v) is 10.4. The van der Waals surface area contributed by atoms with E-state index in [0.717, 1.165) is 23.6 Å². The highest BCUT2D eigenvalue weighted by Gasteiger charge is 2.21. The summed E-state index contributed by atoms with van der Waals surface area (Å²) in [6, 6.07) is 16.7. The maximum absolute atomic E-state index is 11.0. The normalized spacial score (nSPS) is 15.8. The Morgan fingerprint density at radius 1 is 1.13 bits per heavy atom. The lowest BCUT2D eigenvalue weighted by Crippen LogP contribution is -2.23. The molecule has 0 fully saturated rings. The lowest BCUT2D eigenvalue weighted by atomic mass is 9.94. The summed E-state index contributed by atoms with van der Waals surface area (Å²) in [4.78, 5) is 16.4. The summed E-state index contributed by atoms with van der Waals surface area (Å²) < 4.78 is 11.9. The Labute approximate surface area is 182 Å². The van der Waals surface area contributed by atoms with Crippen LogP contribution in [0.1, 0.15) is 25.3 Å². The fourth-order valence-corrected chi connectivity index (χ4v) is 3.09. The highest BCUT2D eigenvalue weighted by atomic mass is 16.6. The van der Waals surface area contributed by atoms with Gasteiger partial charge in [0.2, 0.25) is 0 Å². The molecule has 31 heavy (non-hydrogen) atoms. The number of ether oxygens (including phenoxy) is 2. The van der Waals surface area contributed by atoms with Crippen LogP contribution in [0.3, 0.4) is 0 Å². The van der Waals surface area contributed by atoms with E-state index in [1.165, 1.54) is 0 Å². The third-order valence-electron chi connectivity index (χ3n) is 4.58. The second kappa shape index (κ2) is 11.6. The third kappa shape index (κ3) is 7.33. The Kier molecular flexibility index (Phi) is 8.29. The molecule has 0 saturated carbocycles. The molecule has 162 valence electrons. The Bertz CT molecular complexity index is 949. The molecule has 0 spiro atoms. The Morgan fingerprint density at radius 3 is 2.71 bits per heavy atom. The van der Waals surface area contributed by atoms with E-state index in [2.05, 4.69) is 11.2 Å². The number of hydrogen-bond acceptors (Lipinski definition) is 5. The van der Waals surface area contributed by atoms with Gasteiger partial charge in [0.1, 0.15) is 36.2 Å². The van der Waals surface area contributed by atoms with E-state index in [9.17, 15) is 4.79 Å². The minimum atomic E-state index is -0.877. The number of allylic oxidation sites excluding steroid dienone is 4. The predicted molar refractivity (Wildman–Crippen MR) is 119 cm³/mol. The number of aliphatic carboxylic acids is 1. The molecule has 0 aromatic heterocycles. The van der Waals surface area contributed by atoms with Crippen molar-refractivity contribution in [1.29, 1.82) is 0 Å². The van der Waals surface area contributed by atoms with Crippen LogP contribution in [0.4, 0.5) is 0 Å². The maximum Gasteiger partial charge on any atom is 0.307 e. The number of carboxylic acids is 1. The fraction of sp³-hybridized carbons (Fsp3) is 0.280. The number of carboxylic acid groups (broad SMARTS) is 1. The van der Waals surface area contributed by atoms with Crippen LogP contribution in [0, 0.1) is 5.92 Å². The van der Waals surface area contributed by atoms with Crippen LogP contribution in [-0.4, -0.2) is 30.0 Å². The number of para-hydroxylation sites is 1. The smallest absolute Gasteiger partial charge is 0.307 e. The van der Waals surface area contributed by atoms with E-state index in [4.69, 9.17) is 19.4 Å². The summed E-state index contributed by atoms with van der Waals surface area (Å²) in [5.74, 6) is 1.32. The van der Waals surface area contributed by atoms with Crippen LogP contribution < -0.4 is 9.47 Å². The van der Waals surface area contributed by atoms with Crippen LogP contribution in [0.15, 0.2) is 83.7 Å². The molecular formula is C25H27NO5. The Balaban J connectivity index is 1.66. The van der Waals surface area contributed by atoms with Crippen LogP contribution in [0.5, 0.6) is 11.5 Å². The minimum absolute atomic E-state index is 0.0252. The Morgan fingerprint density at radius 2 is 1.94 bits per heavy atom. The van der Waals surface area contributed by atoms with Gasteiger partial charge in [0.05, 0.1) is 6.42 Å². The van der Waals surface area contributed by atoms with Crippen molar-refractivity contribution < 1.29 is 24.2 Å². The molecule has 1 atom stereocenters. The van der Waals surface area contributed by atoms with Gasteiger partial charge in [0.15, 0.2) is 0 Å². The molecule has 6 nitrogen and oxygen atoms in total. The lowest BCUT2D eigenvalue weighted by Gasteiger charge is -2.21. The van der Waals surface area contributed by atoms with E-state index in [-0.39, 0.29) is 18.9 Å². The van der Waals surface area contributed by atoms with E-state index in [1.807, 2.05) is 49.4 Å². The van der Waals surface area contributed by atoms with Crippen molar-refractivity contribution in [2.45, 2.75) is 26.2 Å². The zero-order valence-electron chi connectivity index (χ0n) is 17.6. The molecule has 0 radical (unpaired) electrons. The molecule has 1 N–H and O–H groups in total. The van der Waals surface area contributed by atoms with Crippen molar-refractivity contribution in [2.75, 3.05) is 13.2 Å². The van der Waals surface area contributed by atoms with Gasteiger partial charge in [-0.2, -0.15) is 0 Å². The number of nitrogens with zero attached hydrogens (tertiary/aromatic N) is 1. The first-order chi connectivity index (χ1) is 15.1. The molecule has 0 saturated heterocycles. The first kappa shape index (κ1) is 22.2. The summed E-state index contributed by atoms with van der Waals surface area (Å²) in [5, 5.41) is 13.3. The Hall–Kier alpha value is -3.54. The molecule has 2 aromatic rings. The van der Waals surface area contributed by atoms with E-state index in [0.29, 0.717) is 24.3 Å². The third-order valence-corrected chi connectivity index (χ3v) is 4.58. The average Bonchev–Trinajstić information content (AvgIpc) is 2.77. The second-order valence-corrected chi connectivity index (χ2v) is 7.17. The van der Waals surface area contributed by atoms with Gasteiger partial charge < -0.3 is 19.4 Å². The van der Waals surface area contributed by atoms with E-state index < -0.39 is 5.97 Å². The lowest BCUT2D eigenvalue weighted by molar-refractivity contribution is -0.136.